The molecule has 0 fully saturated rings. The number of hydrogen-bond donors (Lipinski definition) is 1. The van der Waals surface area contributed by atoms with E-state index in [1.807, 2.05) is 0 Å². The zero-order chi connectivity index (χ0) is 15.1. The summed E-state index contributed by atoms with van der Waals surface area (Å²) in [6.07, 6.45) is -1.43. The van der Waals surface area contributed by atoms with Crippen molar-refractivity contribution in [3.8, 4) is 0 Å². The standard InChI is InChI=1S/C11H10ClNO5S/c1-19(15,16)18-10-8(14)9(17-11(10)13)6-2-4-7(12)5-3-6/h2-5,9H,13H2,1H3/t9-/m0/s1/i9D. The van der Waals surface area contributed by atoms with Gasteiger partial charge >= 0.3 is 10.1 Å². The molecule has 0 bridgehead atoms. The van der Waals surface area contributed by atoms with Crippen LogP contribution >= 0.6 is 11.6 Å². The Morgan fingerprint density at radius 3 is 2.53 bits per heavy atom. The zero-order valence-electron chi connectivity index (χ0n) is 10.7. The van der Waals surface area contributed by atoms with E-state index in [1.54, 1.807) is 0 Å². The van der Waals surface area contributed by atoms with E-state index in [4.69, 9.17) is 23.4 Å². The monoisotopic (exact) mass is 304 g/mol. The Morgan fingerprint density at radius 1 is 1.42 bits per heavy atom. The Hall–Kier alpha value is -1.73. The zero-order valence-corrected chi connectivity index (χ0v) is 11.3. The van der Waals surface area contributed by atoms with Crippen molar-refractivity contribution >= 4 is 27.5 Å². The van der Waals surface area contributed by atoms with Gasteiger partial charge < -0.3 is 14.7 Å². The van der Waals surface area contributed by atoms with E-state index in [-0.39, 0.29) is 5.56 Å². The number of carbonyl (C=O) groups excluding carboxylic acids is 1. The highest BCUT2D eigenvalue weighted by Crippen LogP contribution is 2.32. The molecule has 8 heteroatoms. The van der Waals surface area contributed by atoms with Gasteiger partial charge in [0.15, 0.2) is 6.08 Å². The molecule has 0 unspecified atom stereocenters. The highest BCUT2D eigenvalue weighted by Gasteiger charge is 2.38. The second kappa shape index (κ2) is 4.75. The molecular formula is C11H10ClNO5S. The summed E-state index contributed by atoms with van der Waals surface area (Å²) in [5.74, 6) is -2.24. The third-order valence-corrected chi connectivity index (χ3v) is 2.91. The van der Waals surface area contributed by atoms with Gasteiger partial charge in [-0.25, -0.2) is 0 Å². The maximum absolute atomic E-state index is 12.1. The van der Waals surface area contributed by atoms with Gasteiger partial charge in [-0.15, -0.1) is 0 Å². The van der Waals surface area contributed by atoms with Gasteiger partial charge in [0.25, 0.3) is 0 Å². The highest BCUT2D eigenvalue weighted by molar-refractivity contribution is 7.86. The molecule has 0 spiro atoms. The number of hydrogen-bond acceptors (Lipinski definition) is 6. The molecule has 102 valence electrons. The number of benzene rings is 1. The smallest absolute Gasteiger partial charge is 0.306 e. The molecule has 1 aliphatic heterocycles. The third kappa shape index (κ3) is 2.99. The van der Waals surface area contributed by atoms with Crippen molar-refractivity contribution in [2.24, 2.45) is 5.73 Å². The first-order chi connectivity index (χ1) is 9.13. The Bertz CT molecular complexity index is 700. The van der Waals surface area contributed by atoms with Crippen LogP contribution in [0.15, 0.2) is 35.9 Å². The maximum Gasteiger partial charge on any atom is 0.306 e. The molecule has 0 saturated heterocycles. The van der Waals surface area contributed by atoms with Crippen LogP contribution in [-0.2, 0) is 23.8 Å². The van der Waals surface area contributed by atoms with Crippen LogP contribution < -0.4 is 5.73 Å². The van der Waals surface area contributed by atoms with Gasteiger partial charge in [0.1, 0.15) is 0 Å². The van der Waals surface area contributed by atoms with E-state index < -0.39 is 33.6 Å². The van der Waals surface area contributed by atoms with Crippen molar-refractivity contribution in [2.45, 2.75) is 6.08 Å². The topological polar surface area (TPSA) is 95.7 Å². The van der Waals surface area contributed by atoms with Gasteiger partial charge in [-0.05, 0) is 12.1 Å². The number of halogens is 1. The van der Waals surface area contributed by atoms with Crippen LogP contribution in [0, 0.1) is 0 Å². The average molecular weight is 305 g/mol. The molecule has 2 N–H and O–H groups in total. The van der Waals surface area contributed by atoms with Crippen LogP contribution in [0.5, 0.6) is 0 Å². The van der Waals surface area contributed by atoms with E-state index in [2.05, 4.69) is 4.18 Å². The maximum atomic E-state index is 12.1. The molecule has 0 saturated carbocycles. The van der Waals surface area contributed by atoms with Crippen LogP contribution in [0.3, 0.4) is 0 Å². The molecule has 6 nitrogen and oxygen atoms in total. The molecule has 0 aromatic heterocycles. The lowest BCUT2D eigenvalue weighted by molar-refractivity contribution is -0.123. The minimum Gasteiger partial charge on any atom is -0.460 e. The van der Waals surface area contributed by atoms with Crippen LogP contribution in [0.4, 0.5) is 0 Å². The molecule has 1 atom stereocenters. The lowest BCUT2D eigenvalue weighted by atomic mass is 10.1. The molecule has 1 aliphatic rings. The third-order valence-electron chi connectivity index (χ3n) is 2.19. The summed E-state index contributed by atoms with van der Waals surface area (Å²) in [7, 11) is -3.96. The summed E-state index contributed by atoms with van der Waals surface area (Å²) in [5, 5.41) is 0.413. The van der Waals surface area contributed by atoms with E-state index in [0.29, 0.717) is 5.02 Å². The van der Waals surface area contributed by atoms with E-state index in [0.717, 1.165) is 6.26 Å². The van der Waals surface area contributed by atoms with Crippen molar-refractivity contribution < 1.29 is 23.5 Å². The summed E-state index contributed by atoms with van der Waals surface area (Å²) in [5.41, 5.74) is 5.58. The van der Waals surface area contributed by atoms with Crippen LogP contribution in [-0.4, -0.2) is 20.5 Å². The molecule has 0 radical (unpaired) electrons. The van der Waals surface area contributed by atoms with E-state index in [1.165, 1.54) is 24.3 Å². The second-order valence-electron chi connectivity index (χ2n) is 3.75. The predicted octanol–water partition coefficient (Wildman–Crippen LogP) is 1.08. The lowest BCUT2D eigenvalue weighted by Crippen LogP contribution is -2.14. The number of carbonyl (C=O) groups is 1. The molecule has 0 aliphatic carbocycles. The number of ether oxygens (including phenoxy) is 1. The van der Waals surface area contributed by atoms with Crippen molar-refractivity contribution in [1.82, 2.24) is 0 Å². The molecular weight excluding hydrogens is 294 g/mol. The normalized spacial score (nSPS) is 24.1. The second-order valence-corrected chi connectivity index (χ2v) is 5.76. The molecule has 19 heavy (non-hydrogen) atoms. The summed E-state index contributed by atoms with van der Waals surface area (Å²) < 4.78 is 39.7. The fraction of sp³-hybridized carbons (Fsp3) is 0.182. The summed E-state index contributed by atoms with van der Waals surface area (Å²) >= 11 is 5.72. The number of ketones is 1. The molecule has 2 rings (SSSR count). The first-order valence-corrected chi connectivity index (χ1v) is 7.22. The number of nitrogens with two attached hydrogens (primary N) is 1. The largest absolute Gasteiger partial charge is 0.460 e. The highest BCUT2D eigenvalue weighted by atomic mass is 35.5. The molecule has 1 aromatic rings. The minimum absolute atomic E-state index is 0.155. The Morgan fingerprint density at radius 2 is 2.00 bits per heavy atom. The van der Waals surface area contributed by atoms with Crippen molar-refractivity contribution in [3.05, 3.63) is 46.5 Å². The molecule has 1 aromatic carbocycles. The lowest BCUT2D eigenvalue weighted by Gasteiger charge is -2.09. The first kappa shape index (κ1) is 12.3. The van der Waals surface area contributed by atoms with Gasteiger partial charge in [0.2, 0.25) is 17.4 Å². The van der Waals surface area contributed by atoms with Gasteiger partial charge in [-0.1, -0.05) is 23.7 Å². The van der Waals surface area contributed by atoms with Gasteiger partial charge in [0.05, 0.1) is 7.63 Å². The quantitative estimate of drug-likeness (QED) is 0.840. The van der Waals surface area contributed by atoms with Gasteiger partial charge in [-0.3, -0.25) is 4.79 Å². The van der Waals surface area contributed by atoms with Gasteiger partial charge in [0, 0.05) is 10.6 Å². The fourth-order valence-corrected chi connectivity index (χ4v) is 2.03. The predicted molar refractivity (Wildman–Crippen MR) is 67.4 cm³/mol. The van der Waals surface area contributed by atoms with Gasteiger partial charge in [-0.2, -0.15) is 8.42 Å². The Labute approximate surface area is 116 Å². The van der Waals surface area contributed by atoms with Crippen LogP contribution in [0.1, 0.15) is 13.0 Å². The van der Waals surface area contributed by atoms with Crippen LogP contribution in [0.25, 0.3) is 0 Å². The Kier molecular flexibility index (Phi) is 3.08. The first-order valence-electron chi connectivity index (χ1n) is 5.52. The molecule has 1 heterocycles. The number of Topliss-reactive ketones (excluding diaryl/α,β-unsaturated/α-hetero) is 1. The number of rotatable bonds is 3. The van der Waals surface area contributed by atoms with Crippen molar-refractivity contribution in [3.63, 3.8) is 0 Å². The van der Waals surface area contributed by atoms with Crippen molar-refractivity contribution in [1.29, 1.82) is 0 Å². The fourth-order valence-electron chi connectivity index (χ4n) is 1.44. The van der Waals surface area contributed by atoms with E-state index >= 15 is 0 Å². The summed E-state index contributed by atoms with van der Waals surface area (Å²) in [4.78, 5) is 12.1. The minimum atomic E-state index is -3.96. The summed E-state index contributed by atoms with van der Waals surface area (Å²) in [6, 6.07) is 5.75. The van der Waals surface area contributed by atoms with Crippen molar-refractivity contribution in [2.75, 3.05) is 6.26 Å². The Balaban J connectivity index is 2.39. The SMILES string of the molecule is [2H][C@@]1(c2ccc(Cl)cc2)OC(N)=C(OS(C)(=O)=O)C1=O. The average Bonchev–Trinajstić information content (AvgIpc) is 2.53. The summed E-state index contributed by atoms with van der Waals surface area (Å²) in [6.45, 7) is 0. The molecule has 0 amide bonds. The van der Waals surface area contributed by atoms with E-state index in [9.17, 15) is 13.2 Å². The van der Waals surface area contributed by atoms with Crippen LogP contribution in [0.2, 0.25) is 5.02 Å².